The van der Waals surface area contributed by atoms with Crippen molar-refractivity contribution >= 4 is 0 Å². The molecule has 2 nitrogen and oxygen atoms in total. The van der Waals surface area contributed by atoms with Crippen LogP contribution in [0.1, 0.15) is 32.1 Å². The largest absolute Gasteiger partial charge is 0.395 e. The second-order valence-corrected chi connectivity index (χ2v) is 5.61. The van der Waals surface area contributed by atoms with Gasteiger partial charge in [-0.2, -0.15) is 5.26 Å². The zero-order valence-corrected chi connectivity index (χ0v) is 8.45. The first-order valence-corrected chi connectivity index (χ1v) is 5.80. The van der Waals surface area contributed by atoms with Crippen molar-refractivity contribution < 1.29 is 5.11 Å². The highest BCUT2D eigenvalue weighted by molar-refractivity contribution is 5.15. The fraction of sp³-hybridized carbons (Fsp3) is 0.917. The summed E-state index contributed by atoms with van der Waals surface area (Å²) in [4.78, 5) is 0. The van der Waals surface area contributed by atoms with Crippen molar-refractivity contribution in [3.8, 4) is 6.07 Å². The fourth-order valence-electron chi connectivity index (χ4n) is 4.50. The minimum absolute atomic E-state index is 0.0955. The Kier molecular flexibility index (Phi) is 1.70. The number of nitrogens with zero attached hydrogens (tertiary/aromatic N) is 1. The average molecular weight is 191 g/mol. The molecular formula is C12H17NO. The molecule has 2 heteroatoms. The number of nitriles is 1. The second kappa shape index (κ2) is 2.73. The van der Waals surface area contributed by atoms with Gasteiger partial charge in [-0.15, -0.1) is 0 Å². The van der Waals surface area contributed by atoms with Crippen LogP contribution in [0.5, 0.6) is 0 Å². The molecule has 14 heavy (non-hydrogen) atoms. The van der Waals surface area contributed by atoms with E-state index in [9.17, 15) is 10.4 Å². The van der Waals surface area contributed by atoms with Crippen molar-refractivity contribution in [3.05, 3.63) is 0 Å². The number of hydrogen-bond acceptors (Lipinski definition) is 2. The van der Waals surface area contributed by atoms with Crippen LogP contribution >= 0.6 is 0 Å². The smallest absolute Gasteiger partial charge is 0.0860 e. The van der Waals surface area contributed by atoms with Gasteiger partial charge in [-0.25, -0.2) is 0 Å². The van der Waals surface area contributed by atoms with Crippen molar-refractivity contribution in [1.82, 2.24) is 0 Å². The van der Waals surface area contributed by atoms with Crippen molar-refractivity contribution in [2.45, 2.75) is 32.1 Å². The number of rotatable bonds is 1. The molecule has 76 valence electrons. The third-order valence-electron chi connectivity index (χ3n) is 5.06. The van der Waals surface area contributed by atoms with E-state index in [0.29, 0.717) is 11.8 Å². The molecule has 4 rings (SSSR count). The van der Waals surface area contributed by atoms with Crippen molar-refractivity contribution in [3.63, 3.8) is 0 Å². The normalized spacial score (nSPS) is 54.6. The van der Waals surface area contributed by atoms with E-state index in [0.717, 1.165) is 11.8 Å². The van der Waals surface area contributed by atoms with Gasteiger partial charge in [-0.05, 0) is 55.8 Å². The van der Waals surface area contributed by atoms with E-state index in [1.54, 1.807) is 0 Å². The van der Waals surface area contributed by atoms with Gasteiger partial charge in [0.15, 0.2) is 0 Å². The third-order valence-corrected chi connectivity index (χ3v) is 5.06. The Morgan fingerprint density at radius 3 is 1.93 bits per heavy atom. The lowest BCUT2D eigenvalue weighted by atomic mass is 9.46. The summed E-state index contributed by atoms with van der Waals surface area (Å²) >= 11 is 0. The van der Waals surface area contributed by atoms with Gasteiger partial charge in [-0.1, -0.05) is 0 Å². The first kappa shape index (κ1) is 8.73. The molecule has 0 heterocycles. The summed E-state index contributed by atoms with van der Waals surface area (Å²) < 4.78 is 0. The van der Waals surface area contributed by atoms with Crippen LogP contribution in [-0.2, 0) is 0 Å². The summed E-state index contributed by atoms with van der Waals surface area (Å²) in [6.07, 6.45) is 6.24. The van der Waals surface area contributed by atoms with Crippen molar-refractivity contribution in [2.24, 2.45) is 29.1 Å². The summed E-state index contributed by atoms with van der Waals surface area (Å²) in [6.45, 7) is 0.0955. The van der Waals surface area contributed by atoms with Crippen LogP contribution in [0, 0.1) is 40.4 Å². The molecule has 0 aromatic heterocycles. The minimum atomic E-state index is -0.354. The molecule has 0 aliphatic heterocycles. The van der Waals surface area contributed by atoms with E-state index in [1.165, 1.54) is 32.1 Å². The second-order valence-electron chi connectivity index (χ2n) is 5.61. The molecule has 4 bridgehead atoms. The topological polar surface area (TPSA) is 44.0 Å². The fourth-order valence-corrected chi connectivity index (χ4v) is 4.50. The molecule has 0 aromatic carbocycles. The zero-order valence-electron chi connectivity index (χ0n) is 8.45. The Morgan fingerprint density at radius 2 is 1.57 bits per heavy atom. The van der Waals surface area contributed by atoms with Gasteiger partial charge in [-0.3, -0.25) is 0 Å². The van der Waals surface area contributed by atoms with Crippen LogP contribution in [0.15, 0.2) is 0 Å². The van der Waals surface area contributed by atoms with Gasteiger partial charge in [0.1, 0.15) is 0 Å². The lowest BCUT2D eigenvalue weighted by Gasteiger charge is -2.57. The van der Waals surface area contributed by atoms with Crippen LogP contribution in [0.2, 0.25) is 0 Å². The SMILES string of the molecule is N#CC1(CO)C2CC3CC(C2)CC1C3. The Balaban J connectivity index is 1.98. The maximum Gasteiger partial charge on any atom is 0.0860 e. The van der Waals surface area contributed by atoms with Gasteiger partial charge >= 0.3 is 0 Å². The van der Waals surface area contributed by atoms with E-state index in [2.05, 4.69) is 6.07 Å². The van der Waals surface area contributed by atoms with Crippen LogP contribution in [0.4, 0.5) is 0 Å². The summed E-state index contributed by atoms with van der Waals surface area (Å²) in [5, 5.41) is 18.9. The van der Waals surface area contributed by atoms with Gasteiger partial charge < -0.3 is 5.11 Å². The molecule has 4 aliphatic carbocycles. The van der Waals surface area contributed by atoms with E-state index in [-0.39, 0.29) is 12.0 Å². The summed E-state index contributed by atoms with van der Waals surface area (Å²) in [7, 11) is 0. The first-order valence-electron chi connectivity index (χ1n) is 5.80. The van der Waals surface area contributed by atoms with Crippen LogP contribution in [-0.4, -0.2) is 11.7 Å². The number of aliphatic hydroxyl groups is 1. The average Bonchev–Trinajstić information content (AvgIpc) is 2.18. The molecule has 4 aliphatic rings. The van der Waals surface area contributed by atoms with Crippen molar-refractivity contribution in [2.75, 3.05) is 6.61 Å². The molecule has 0 spiro atoms. The highest BCUT2D eigenvalue weighted by atomic mass is 16.3. The summed E-state index contributed by atoms with van der Waals surface area (Å²) in [6, 6.07) is 2.46. The Labute approximate surface area is 84.9 Å². The van der Waals surface area contributed by atoms with Gasteiger partial charge in [0.05, 0.1) is 18.1 Å². The highest BCUT2D eigenvalue weighted by Crippen LogP contribution is 2.61. The molecule has 0 unspecified atom stereocenters. The zero-order chi connectivity index (χ0) is 9.76. The Bertz CT molecular complexity index is 263. The molecule has 0 amide bonds. The third kappa shape index (κ3) is 0.892. The minimum Gasteiger partial charge on any atom is -0.395 e. The standard InChI is InChI=1S/C12H17NO/c13-6-12(7-14)10-2-8-1-9(4-10)5-11(12)3-8/h8-11,14H,1-5,7H2. The van der Waals surface area contributed by atoms with E-state index in [4.69, 9.17) is 0 Å². The molecule has 4 saturated carbocycles. The van der Waals surface area contributed by atoms with E-state index in [1.807, 2.05) is 0 Å². The predicted octanol–water partition coefficient (Wildman–Crippen LogP) is 1.94. The molecule has 0 saturated heterocycles. The summed E-state index contributed by atoms with van der Waals surface area (Å²) in [5.74, 6) is 2.78. The van der Waals surface area contributed by atoms with Crippen LogP contribution in [0.25, 0.3) is 0 Å². The van der Waals surface area contributed by atoms with Crippen LogP contribution in [0.3, 0.4) is 0 Å². The Hall–Kier alpha value is -0.550. The molecule has 0 atom stereocenters. The molecule has 0 radical (unpaired) electrons. The summed E-state index contributed by atoms with van der Waals surface area (Å²) in [5.41, 5.74) is -0.354. The number of hydrogen-bond donors (Lipinski definition) is 1. The Morgan fingerprint density at radius 1 is 1.07 bits per heavy atom. The monoisotopic (exact) mass is 191 g/mol. The molecule has 0 aromatic rings. The molecule has 4 fully saturated rings. The quantitative estimate of drug-likeness (QED) is 0.688. The lowest BCUT2D eigenvalue weighted by Crippen LogP contribution is -2.53. The van der Waals surface area contributed by atoms with Gasteiger partial charge in [0, 0.05) is 0 Å². The lowest BCUT2D eigenvalue weighted by molar-refractivity contribution is -0.0986. The molecule has 1 N–H and O–H groups in total. The van der Waals surface area contributed by atoms with Crippen LogP contribution < -0.4 is 0 Å². The first-order chi connectivity index (χ1) is 6.78. The highest BCUT2D eigenvalue weighted by Gasteiger charge is 2.57. The number of aliphatic hydroxyl groups excluding tert-OH is 1. The van der Waals surface area contributed by atoms with E-state index < -0.39 is 0 Å². The van der Waals surface area contributed by atoms with E-state index >= 15 is 0 Å². The molecular weight excluding hydrogens is 174 g/mol. The van der Waals surface area contributed by atoms with Crippen molar-refractivity contribution in [1.29, 1.82) is 5.26 Å². The van der Waals surface area contributed by atoms with Gasteiger partial charge in [0.2, 0.25) is 0 Å². The maximum atomic E-state index is 9.53. The maximum absolute atomic E-state index is 9.53. The van der Waals surface area contributed by atoms with Gasteiger partial charge in [0.25, 0.3) is 0 Å². The predicted molar refractivity (Wildman–Crippen MR) is 52.2 cm³/mol.